The Morgan fingerprint density at radius 3 is 1.47 bits per heavy atom. The van der Waals surface area contributed by atoms with E-state index in [9.17, 15) is 0 Å². The van der Waals surface area contributed by atoms with Gasteiger partial charge in [-0.2, -0.15) is 0 Å². The Bertz CT molecular complexity index is 3800. The predicted octanol–water partition coefficient (Wildman–Crippen LogP) is 16.0. The molecule has 0 aliphatic carbocycles. The van der Waals surface area contributed by atoms with Gasteiger partial charge in [0.25, 0.3) is 0 Å². The van der Waals surface area contributed by atoms with E-state index in [1.54, 1.807) is 0 Å². The Morgan fingerprint density at radius 2 is 0.759 bits per heavy atom. The number of benzene rings is 9. The number of fused-ring (bicyclic) bond motifs is 13. The van der Waals surface area contributed by atoms with E-state index in [4.69, 9.17) is 0 Å². The van der Waals surface area contributed by atoms with Crippen molar-refractivity contribution in [2.24, 2.45) is 0 Å². The zero-order chi connectivity index (χ0) is 37.9. The quantitative estimate of drug-likeness (QED) is 0.169. The monoisotopic (exact) mass is 772 g/mol. The Labute approximate surface area is 341 Å². The van der Waals surface area contributed by atoms with Gasteiger partial charge in [-0.3, -0.25) is 0 Å². The topological polar surface area (TPSA) is 9.86 Å². The van der Waals surface area contributed by atoms with E-state index in [1.165, 1.54) is 106 Å². The van der Waals surface area contributed by atoms with Gasteiger partial charge in [-0.05, 0) is 101 Å². The molecule has 58 heavy (non-hydrogen) atoms. The molecule has 0 N–H and O–H groups in total. The average Bonchev–Trinajstić information content (AvgIpc) is 4.03. The molecule has 0 saturated carbocycles. The SMILES string of the molecule is c1cc(-c2ccc3sc4ccccc4c3c2)cc(-n2c3ccccc3c3c4c5ccccc5n(-c5ccc(-c6ccc7c(c6)sc6ccccc67)cc5)c4ccc32)c1. The number of thiophene rings is 2. The summed E-state index contributed by atoms with van der Waals surface area (Å²) < 4.78 is 10.2. The van der Waals surface area contributed by atoms with Crippen molar-refractivity contribution in [1.29, 1.82) is 0 Å². The number of hydrogen-bond donors (Lipinski definition) is 0. The second-order valence-electron chi connectivity index (χ2n) is 15.3. The summed E-state index contributed by atoms with van der Waals surface area (Å²) in [5.41, 5.74) is 12.1. The zero-order valence-corrected chi connectivity index (χ0v) is 32.8. The fourth-order valence-electron chi connectivity index (χ4n) is 9.51. The molecule has 9 aromatic carbocycles. The van der Waals surface area contributed by atoms with Crippen LogP contribution in [0.25, 0.3) is 118 Å². The molecule has 13 aromatic rings. The van der Waals surface area contributed by atoms with Crippen molar-refractivity contribution in [3.05, 3.63) is 194 Å². The summed E-state index contributed by atoms with van der Waals surface area (Å²) in [4.78, 5) is 0. The summed E-state index contributed by atoms with van der Waals surface area (Å²) in [7, 11) is 0. The van der Waals surface area contributed by atoms with Crippen molar-refractivity contribution in [2.75, 3.05) is 0 Å². The molecule has 13 rings (SSSR count). The van der Waals surface area contributed by atoms with Gasteiger partial charge in [-0.1, -0.05) is 115 Å². The molecule has 0 aliphatic heterocycles. The van der Waals surface area contributed by atoms with Crippen LogP contribution in [0.15, 0.2) is 194 Å². The molecule has 0 radical (unpaired) electrons. The minimum absolute atomic E-state index is 1.16. The molecule has 0 saturated heterocycles. The first-order valence-corrected chi connectivity index (χ1v) is 21.4. The van der Waals surface area contributed by atoms with Gasteiger partial charge in [0, 0.05) is 73.3 Å². The van der Waals surface area contributed by atoms with Crippen molar-refractivity contribution < 1.29 is 0 Å². The Kier molecular flexibility index (Phi) is 6.79. The minimum atomic E-state index is 1.16. The summed E-state index contributed by atoms with van der Waals surface area (Å²) in [6, 6.07) is 71.9. The highest BCUT2D eigenvalue weighted by molar-refractivity contribution is 7.26. The highest BCUT2D eigenvalue weighted by Crippen LogP contribution is 2.44. The van der Waals surface area contributed by atoms with Crippen LogP contribution in [-0.4, -0.2) is 9.13 Å². The van der Waals surface area contributed by atoms with E-state index in [-0.39, 0.29) is 0 Å². The van der Waals surface area contributed by atoms with Crippen molar-refractivity contribution in [2.45, 2.75) is 0 Å². The summed E-state index contributed by atoms with van der Waals surface area (Å²) in [6.45, 7) is 0. The largest absolute Gasteiger partial charge is 0.309 e. The lowest BCUT2D eigenvalue weighted by atomic mass is 10.0. The summed E-state index contributed by atoms with van der Waals surface area (Å²) in [6.07, 6.45) is 0. The van der Waals surface area contributed by atoms with E-state index in [0.717, 1.165) is 11.4 Å². The molecule has 0 bridgehead atoms. The standard InChI is InChI=1S/C54H32N2S2/c1-5-16-45-42(14-1)53-47(55(45)37-24-20-33(21-25-37)36-22-26-41-39-12-3-7-18-49(39)58-52(41)32-36)27-28-48-54(53)43-15-2-6-17-46(43)56(48)38-11-9-10-34(30-38)35-23-29-51-44(31-35)40-13-4-8-19-50(40)57-51/h1-32H. The van der Waals surface area contributed by atoms with Crippen molar-refractivity contribution in [1.82, 2.24) is 9.13 Å². The fraction of sp³-hybridized carbons (Fsp3) is 0. The second-order valence-corrected chi connectivity index (χ2v) is 17.4. The average molecular weight is 773 g/mol. The first-order chi connectivity index (χ1) is 28.7. The van der Waals surface area contributed by atoms with Gasteiger partial charge in [-0.15, -0.1) is 22.7 Å². The zero-order valence-electron chi connectivity index (χ0n) is 31.2. The van der Waals surface area contributed by atoms with Gasteiger partial charge >= 0.3 is 0 Å². The number of nitrogens with zero attached hydrogens (tertiary/aromatic N) is 2. The number of aromatic nitrogens is 2. The number of rotatable bonds is 4. The Morgan fingerprint density at radius 1 is 0.259 bits per heavy atom. The summed E-state index contributed by atoms with van der Waals surface area (Å²) >= 11 is 3.74. The number of hydrogen-bond acceptors (Lipinski definition) is 2. The summed E-state index contributed by atoms with van der Waals surface area (Å²) in [5.74, 6) is 0. The third-order valence-corrected chi connectivity index (χ3v) is 14.4. The van der Waals surface area contributed by atoms with Crippen LogP contribution < -0.4 is 0 Å². The molecule has 270 valence electrons. The molecule has 4 heteroatoms. The van der Waals surface area contributed by atoms with Gasteiger partial charge in [0.05, 0.1) is 22.1 Å². The lowest BCUT2D eigenvalue weighted by molar-refractivity contribution is 1.17. The number of para-hydroxylation sites is 2. The van der Waals surface area contributed by atoms with E-state index in [2.05, 4.69) is 203 Å². The molecule has 0 amide bonds. The molecule has 0 atom stereocenters. The predicted molar refractivity (Wildman–Crippen MR) is 252 cm³/mol. The third-order valence-electron chi connectivity index (χ3n) is 12.1. The molecular formula is C54H32N2S2. The maximum absolute atomic E-state index is 2.46. The Hall–Kier alpha value is -6.98. The van der Waals surface area contributed by atoms with Crippen LogP contribution in [0.2, 0.25) is 0 Å². The van der Waals surface area contributed by atoms with Gasteiger partial charge in [0.2, 0.25) is 0 Å². The minimum Gasteiger partial charge on any atom is -0.309 e. The Balaban J connectivity index is 0.968. The normalized spacial score (nSPS) is 12.1. The van der Waals surface area contributed by atoms with Gasteiger partial charge in [-0.25, -0.2) is 0 Å². The van der Waals surface area contributed by atoms with E-state index >= 15 is 0 Å². The maximum Gasteiger partial charge on any atom is 0.0548 e. The van der Waals surface area contributed by atoms with Crippen LogP contribution in [0.5, 0.6) is 0 Å². The third kappa shape index (κ3) is 4.64. The maximum atomic E-state index is 2.46. The molecule has 0 aliphatic rings. The van der Waals surface area contributed by atoms with Crippen LogP contribution in [0.1, 0.15) is 0 Å². The van der Waals surface area contributed by atoms with E-state index in [1.807, 2.05) is 22.7 Å². The first kappa shape index (κ1) is 32.1. The molecular weight excluding hydrogens is 741 g/mol. The molecule has 2 nitrogen and oxygen atoms in total. The van der Waals surface area contributed by atoms with Gasteiger partial charge in [0.15, 0.2) is 0 Å². The fourth-order valence-corrected chi connectivity index (χ4v) is 11.7. The van der Waals surface area contributed by atoms with Crippen molar-refractivity contribution in [3.8, 4) is 33.6 Å². The van der Waals surface area contributed by atoms with Crippen LogP contribution in [0.3, 0.4) is 0 Å². The second kappa shape index (κ2) is 12.3. The molecule has 0 spiro atoms. The van der Waals surface area contributed by atoms with E-state index in [0.29, 0.717) is 0 Å². The first-order valence-electron chi connectivity index (χ1n) is 19.7. The van der Waals surface area contributed by atoms with Crippen molar-refractivity contribution >= 4 is 107 Å². The van der Waals surface area contributed by atoms with Crippen LogP contribution in [0.4, 0.5) is 0 Å². The molecule has 0 unspecified atom stereocenters. The lowest BCUT2D eigenvalue weighted by Gasteiger charge is -2.11. The van der Waals surface area contributed by atoms with E-state index < -0.39 is 0 Å². The highest BCUT2D eigenvalue weighted by atomic mass is 32.1. The van der Waals surface area contributed by atoms with Crippen LogP contribution in [-0.2, 0) is 0 Å². The smallest absolute Gasteiger partial charge is 0.0548 e. The van der Waals surface area contributed by atoms with Gasteiger partial charge < -0.3 is 9.13 Å². The lowest BCUT2D eigenvalue weighted by Crippen LogP contribution is -1.95. The molecule has 0 fully saturated rings. The summed E-state index contributed by atoms with van der Waals surface area (Å²) in [5, 5.41) is 10.4. The van der Waals surface area contributed by atoms with Crippen LogP contribution in [0, 0.1) is 0 Å². The van der Waals surface area contributed by atoms with Crippen LogP contribution >= 0.6 is 22.7 Å². The van der Waals surface area contributed by atoms with Crippen molar-refractivity contribution in [3.63, 3.8) is 0 Å². The van der Waals surface area contributed by atoms with Gasteiger partial charge in [0.1, 0.15) is 0 Å². The molecule has 4 aromatic heterocycles. The molecule has 4 heterocycles. The highest BCUT2D eigenvalue weighted by Gasteiger charge is 2.21.